The van der Waals surface area contributed by atoms with E-state index in [0.29, 0.717) is 6.54 Å². The van der Waals surface area contributed by atoms with Gasteiger partial charge in [0.25, 0.3) is 0 Å². The van der Waals surface area contributed by atoms with Crippen LogP contribution in [-0.2, 0) is 41.8 Å². The van der Waals surface area contributed by atoms with E-state index in [4.69, 9.17) is 14.2 Å². The van der Waals surface area contributed by atoms with Crippen LogP contribution in [0.3, 0.4) is 0 Å². The first-order valence-electron chi connectivity index (χ1n) is 15.5. The van der Waals surface area contributed by atoms with E-state index in [9.17, 15) is 24.3 Å². The number of nitrogens with zero attached hydrogens (tertiary/aromatic N) is 1. The van der Waals surface area contributed by atoms with Crippen LogP contribution < -0.4 is 10.6 Å². The van der Waals surface area contributed by atoms with Crippen molar-refractivity contribution in [3.63, 3.8) is 0 Å². The van der Waals surface area contributed by atoms with Crippen LogP contribution in [0.15, 0.2) is 86.0 Å². The molecule has 11 heteroatoms. The molecular weight excluding hydrogens is 590 g/mol. The average Bonchev–Trinajstić information content (AvgIpc) is 3.56. The number of amides is 3. The maximum absolute atomic E-state index is 13.4. The van der Waals surface area contributed by atoms with Crippen molar-refractivity contribution in [3.8, 4) is 0 Å². The number of carbonyl (C=O) groups is 4. The largest absolute Gasteiger partial charge is 0.462 e. The molecule has 3 N–H and O–H groups in total. The Bertz CT molecular complexity index is 1270. The molecule has 0 unspecified atom stereocenters. The lowest BCUT2D eigenvalue weighted by Crippen LogP contribution is -2.48. The molecule has 0 saturated carbocycles. The van der Waals surface area contributed by atoms with Gasteiger partial charge in [0.2, 0.25) is 11.8 Å². The third-order valence-corrected chi connectivity index (χ3v) is 7.55. The fourth-order valence-corrected chi connectivity index (χ4v) is 5.08. The molecule has 248 valence electrons. The van der Waals surface area contributed by atoms with Gasteiger partial charge in [-0.2, -0.15) is 0 Å². The molecule has 0 spiro atoms. The van der Waals surface area contributed by atoms with Crippen molar-refractivity contribution in [1.29, 1.82) is 0 Å². The zero-order valence-corrected chi connectivity index (χ0v) is 26.2. The summed E-state index contributed by atoms with van der Waals surface area (Å²) < 4.78 is 16.6. The number of hydrogen-bond acceptors (Lipinski definition) is 8. The van der Waals surface area contributed by atoms with Crippen molar-refractivity contribution < 1.29 is 38.5 Å². The Kier molecular flexibility index (Phi) is 15.5. The van der Waals surface area contributed by atoms with Crippen molar-refractivity contribution in [3.05, 3.63) is 97.1 Å². The van der Waals surface area contributed by atoms with Gasteiger partial charge in [0, 0.05) is 13.0 Å². The minimum Gasteiger partial charge on any atom is -0.462 e. The van der Waals surface area contributed by atoms with E-state index < -0.39 is 36.0 Å². The highest BCUT2D eigenvalue weighted by Gasteiger charge is 2.32. The molecule has 3 amide bonds. The lowest BCUT2D eigenvalue weighted by Gasteiger charge is -2.26. The molecule has 1 heterocycles. The molecule has 2 aromatic carbocycles. The van der Waals surface area contributed by atoms with Crippen LogP contribution in [0.25, 0.3) is 0 Å². The Morgan fingerprint density at radius 2 is 1.54 bits per heavy atom. The summed E-state index contributed by atoms with van der Waals surface area (Å²) in [6.07, 6.45) is 4.08. The molecule has 4 atom stereocenters. The number of esters is 1. The predicted molar refractivity (Wildman–Crippen MR) is 172 cm³/mol. The maximum atomic E-state index is 13.4. The van der Waals surface area contributed by atoms with Gasteiger partial charge in [-0.3, -0.25) is 9.59 Å². The lowest BCUT2D eigenvalue weighted by atomic mass is 9.98. The summed E-state index contributed by atoms with van der Waals surface area (Å²) in [5.41, 5.74) is 1.72. The number of carbonyl (C=O) groups excluding carboxylic acids is 4. The van der Waals surface area contributed by atoms with Gasteiger partial charge < -0.3 is 34.9 Å². The molecule has 3 rings (SSSR count). The second-order valence-electron chi connectivity index (χ2n) is 11.1. The van der Waals surface area contributed by atoms with E-state index >= 15 is 0 Å². The Morgan fingerprint density at radius 3 is 2.17 bits per heavy atom. The Morgan fingerprint density at radius 1 is 0.891 bits per heavy atom. The molecule has 2 aromatic rings. The van der Waals surface area contributed by atoms with E-state index in [1.165, 1.54) is 6.08 Å². The Labute approximate surface area is 270 Å². The third kappa shape index (κ3) is 12.1. The third-order valence-electron chi connectivity index (χ3n) is 7.55. The predicted octanol–water partition coefficient (Wildman–Crippen LogP) is 3.67. The molecule has 0 radical (unpaired) electrons. The van der Waals surface area contributed by atoms with Crippen molar-refractivity contribution in [2.45, 2.75) is 63.4 Å². The molecule has 1 fully saturated rings. The summed E-state index contributed by atoms with van der Waals surface area (Å²) in [7, 11) is 0. The molecule has 0 aliphatic carbocycles. The summed E-state index contributed by atoms with van der Waals surface area (Å²) in [5.74, 6) is -2.07. The number of alkyl carbamates (subject to hydrolysis) is 1. The van der Waals surface area contributed by atoms with Gasteiger partial charge in [-0.15, -0.1) is 13.2 Å². The fourth-order valence-electron chi connectivity index (χ4n) is 5.08. The number of benzene rings is 2. The first-order chi connectivity index (χ1) is 22.3. The van der Waals surface area contributed by atoms with Gasteiger partial charge in [0.05, 0.1) is 37.8 Å². The van der Waals surface area contributed by atoms with Crippen molar-refractivity contribution in [2.24, 2.45) is 5.92 Å². The van der Waals surface area contributed by atoms with E-state index in [1.807, 2.05) is 60.7 Å². The second-order valence-corrected chi connectivity index (χ2v) is 11.1. The maximum Gasteiger partial charge on any atom is 0.408 e. The van der Waals surface area contributed by atoms with E-state index in [1.54, 1.807) is 11.0 Å². The standard InChI is InChI=1S/C35H45N3O8/c1-3-12-28(20-32(40)38-19-11-18-30(38)21-39)33(41)36-29(24-44-22-26-14-7-5-8-15-26)25-45-34(42)31(13-4-2)37-35(43)46-23-27-16-9-6-10-17-27/h3-10,14-17,28-31,39H,1-2,11-13,18-25H2,(H,36,41)(H,37,43)/t28-,29+,30+,31-/m1/s1. The normalized spacial score (nSPS) is 16.0. The van der Waals surface area contributed by atoms with E-state index in [0.717, 1.165) is 24.0 Å². The summed E-state index contributed by atoms with van der Waals surface area (Å²) >= 11 is 0. The van der Waals surface area contributed by atoms with Crippen molar-refractivity contribution >= 4 is 23.9 Å². The number of likely N-dealkylation sites (tertiary alicyclic amines) is 1. The monoisotopic (exact) mass is 635 g/mol. The van der Waals surface area contributed by atoms with Gasteiger partial charge >= 0.3 is 12.1 Å². The summed E-state index contributed by atoms with van der Waals surface area (Å²) in [4.78, 5) is 53.6. The smallest absolute Gasteiger partial charge is 0.408 e. The van der Waals surface area contributed by atoms with Crippen LogP contribution in [0.5, 0.6) is 0 Å². The number of rotatable bonds is 19. The highest BCUT2D eigenvalue weighted by molar-refractivity contribution is 5.86. The van der Waals surface area contributed by atoms with Gasteiger partial charge in [-0.1, -0.05) is 72.8 Å². The van der Waals surface area contributed by atoms with Gasteiger partial charge in [0.1, 0.15) is 19.3 Å². The fraction of sp³-hybridized carbons (Fsp3) is 0.429. The van der Waals surface area contributed by atoms with Crippen LogP contribution in [-0.4, -0.2) is 78.4 Å². The number of aliphatic hydroxyl groups excluding tert-OH is 1. The van der Waals surface area contributed by atoms with Crippen molar-refractivity contribution in [1.82, 2.24) is 15.5 Å². The van der Waals surface area contributed by atoms with E-state index in [-0.39, 0.29) is 64.2 Å². The number of allylic oxidation sites excluding steroid dienone is 1. The second kappa shape index (κ2) is 19.8. The molecule has 1 aliphatic heterocycles. The Balaban J connectivity index is 1.62. The molecule has 1 aliphatic rings. The van der Waals surface area contributed by atoms with Gasteiger partial charge in [-0.05, 0) is 36.8 Å². The molecule has 46 heavy (non-hydrogen) atoms. The van der Waals surface area contributed by atoms with Gasteiger partial charge in [-0.25, -0.2) is 9.59 Å². The first-order valence-corrected chi connectivity index (χ1v) is 15.5. The van der Waals surface area contributed by atoms with Crippen LogP contribution in [0.1, 0.15) is 43.2 Å². The topological polar surface area (TPSA) is 144 Å². The van der Waals surface area contributed by atoms with Crippen LogP contribution in [0.2, 0.25) is 0 Å². The number of nitrogens with one attached hydrogen (secondary N) is 2. The molecule has 11 nitrogen and oxygen atoms in total. The number of hydrogen-bond donors (Lipinski definition) is 3. The molecule has 0 bridgehead atoms. The first kappa shape index (κ1) is 36.0. The number of aliphatic hydroxyl groups is 1. The molecule has 1 saturated heterocycles. The minimum atomic E-state index is -1.06. The highest BCUT2D eigenvalue weighted by atomic mass is 16.6. The highest BCUT2D eigenvalue weighted by Crippen LogP contribution is 2.21. The SMILES string of the molecule is C=CC[C@H](CC(=O)N1CCC[C@H]1CO)C(=O)N[C@@H](COCc1ccccc1)COC(=O)[C@@H](CC=C)NC(=O)OCc1ccccc1. The molecular formula is C35H45N3O8. The Hall–Kier alpha value is -4.48. The lowest BCUT2D eigenvalue weighted by molar-refractivity contribution is -0.148. The summed E-state index contributed by atoms with van der Waals surface area (Å²) in [6, 6.07) is 16.5. The zero-order valence-electron chi connectivity index (χ0n) is 26.2. The van der Waals surface area contributed by atoms with E-state index in [2.05, 4.69) is 23.8 Å². The quantitative estimate of drug-likeness (QED) is 0.157. The van der Waals surface area contributed by atoms with Crippen LogP contribution >= 0.6 is 0 Å². The molecule has 0 aromatic heterocycles. The van der Waals surface area contributed by atoms with Crippen LogP contribution in [0.4, 0.5) is 4.79 Å². The van der Waals surface area contributed by atoms with Gasteiger partial charge in [0.15, 0.2) is 0 Å². The number of ether oxygens (including phenoxy) is 3. The summed E-state index contributed by atoms with van der Waals surface area (Å²) in [6.45, 7) is 7.87. The van der Waals surface area contributed by atoms with Crippen LogP contribution in [0, 0.1) is 5.92 Å². The zero-order chi connectivity index (χ0) is 33.1. The average molecular weight is 636 g/mol. The summed E-state index contributed by atoms with van der Waals surface area (Å²) in [5, 5.41) is 15.0. The minimum absolute atomic E-state index is 0.0139. The van der Waals surface area contributed by atoms with Crippen molar-refractivity contribution in [2.75, 3.05) is 26.4 Å².